The van der Waals surface area contributed by atoms with Gasteiger partial charge in [0.1, 0.15) is 0 Å². The van der Waals surface area contributed by atoms with Gasteiger partial charge in [-0.1, -0.05) is 12.1 Å². The second-order valence-electron chi connectivity index (χ2n) is 5.39. The Kier molecular flexibility index (Phi) is 5.28. The van der Waals surface area contributed by atoms with Crippen LogP contribution in [0.4, 0.5) is 0 Å². The number of aryl methyl sites for hydroxylation is 2. The molecule has 0 amide bonds. The third-order valence-electron chi connectivity index (χ3n) is 3.86. The lowest BCUT2D eigenvalue weighted by Gasteiger charge is -2.14. The monoisotopic (exact) mass is 299 g/mol. The molecule has 0 atom stereocenters. The molecule has 4 heteroatoms. The van der Waals surface area contributed by atoms with Gasteiger partial charge in [-0.15, -0.1) is 0 Å². The van der Waals surface area contributed by atoms with E-state index in [0.29, 0.717) is 19.4 Å². The van der Waals surface area contributed by atoms with E-state index in [0.717, 1.165) is 17.7 Å². The van der Waals surface area contributed by atoms with Crippen molar-refractivity contribution in [3.63, 3.8) is 0 Å². The smallest absolute Gasteiger partial charge is 0.261 e. The predicted octanol–water partition coefficient (Wildman–Crippen LogP) is 2.98. The van der Waals surface area contributed by atoms with Crippen LogP contribution < -0.4 is 5.56 Å². The van der Waals surface area contributed by atoms with Crippen LogP contribution in [0.1, 0.15) is 27.9 Å². The fourth-order valence-electron chi connectivity index (χ4n) is 2.43. The average molecular weight is 299 g/mol. The second kappa shape index (κ2) is 7.18. The van der Waals surface area contributed by atoms with E-state index in [1.165, 1.54) is 11.1 Å². The van der Waals surface area contributed by atoms with E-state index in [1.54, 1.807) is 17.7 Å². The van der Waals surface area contributed by atoms with Crippen LogP contribution in [0.15, 0.2) is 35.1 Å². The number of methoxy groups -OCH3 is 1. The lowest BCUT2D eigenvalue weighted by atomic mass is 10.0. The van der Waals surface area contributed by atoms with Crippen molar-refractivity contribution in [1.29, 1.82) is 0 Å². The fourth-order valence-corrected chi connectivity index (χ4v) is 2.43. The Morgan fingerprint density at radius 1 is 1.14 bits per heavy atom. The molecule has 1 aromatic heterocycles. The minimum atomic E-state index is -0.248. The maximum absolute atomic E-state index is 12.4. The Labute approximate surface area is 130 Å². The Bertz CT molecular complexity index is 732. The highest BCUT2D eigenvalue weighted by Gasteiger charge is 2.10. The van der Waals surface area contributed by atoms with E-state index in [4.69, 9.17) is 4.74 Å². The molecule has 0 bridgehead atoms. The number of aromatic nitrogens is 1. The molecule has 0 N–H and O–H groups in total. The molecule has 2 rings (SSSR count). The number of hydrogen-bond acceptors (Lipinski definition) is 3. The summed E-state index contributed by atoms with van der Waals surface area (Å²) in [5, 5.41) is 0. The van der Waals surface area contributed by atoms with Gasteiger partial charge >= 0.3 is 0 Å². The number of rotatable bonds is 6. The van der Waals surface area contributed by atoms with E-state index < -0.39 is 0 Å². The molecule has 0 saturated carbocycles. The van der Waals surface area contributed by atoms with Crippen LogP contribution >= 0.6 is 0 Å². The van der Waals surface area contributed by atoms with E-state index in [2.05, 4.69) is 13.0 Å². The SMILES string of the molecule is COCCCn1c(-c2ccc(C)c(C)c2)ccc(C=O)c1=O. The summed E-state index contributed by atoms with van der Waals surface area (Å²) in [6, 6.07) is 9.54. The van der Waals surface area contributed by atoms with Crippen LogP contribution in [0.5, 0.6) is 0 Å². The van der Waals surface area contributed by atoms with Gasteiger partial charge in [0, 0.05) is 20.3 Å². The number of aldehydes is 1. The van der Waals surface area contributed by atoms with Crippen molar-refractivity contribution in [1.82, 2.24) is 4.57 Å². The van der Waals surface area contributed by atoms with E-state index in [-0.39, 0.29) is 11.1 Å². The summed E-state index contributed by atoms with van der Waals surface area (Å²) in [5.74, 6) is 0. The molecule has 0 unspecified atom stereocenters. The highest BCUT2D eigenvalue weighted by Crippen LogP contribution is 2.21. The fraction of sp³-hybridized carbons (Fsp3) is 0.333. The first-order chi connectivity index (χ1) is 10.6. The maximum Gasteiger partial charge on any atom is 0.261 e. The van der Waals surface area contributed by atoms with Crippen molar-refractivity contribution in [2.75, 3.05) is 13.7 Å². The first-order valence-corrected chi connectivity index (χ1v) is 7.34. The lowest BCUT2D eigenvalue weighted by molar-refractivity contribution is 0.112. The molecular weight excluding hydrogens is 278 g/mol. The van der Waals surface area contributed by atoms with Gasteiger partial charge in [0.15, 0.2) is 6.29 Å². The summed E-state index contributed by atoms with van der Waals surface area (Å²) < 4.78 is 6.72. The Balaban J connectivity index is 2.53. The molecule has 0 spiro atoms. The zero-order valence-electron chi connectivity index (χ0n) is 13.3. The number of hydrogen-bond donors (Lipinski definition) is 0. The molecule has 22 heavy (non-hydrogen) atoms. The number of carbonyl (C=O) groups is 1. The minimum absolute atomic E-state index is 0.185. The number of benzene rings is 1. The minimum Gasteiger partial charge on any atom is -0.385 e. The molecule has 0 aliphatic heterocycles. The summed E-state index contributed by atoms with van der Waals surface area (Å²) in [4.78, 5) is 23.4. The third kappa shape index (κ3) is 3.34. The first kappa shape index (κ1) is 16.2. The number of nitrogens with zero attached hydrogens (tertiary/aromatic N) is 1. The normalized spacial score (nSPS) is 10.7. The first-order valence-electron chi connectivity index (χ1n) is 7.34. The predicted molar refractivity (Wildman–Crippen MR) is 87.5 cm³/mol. The summed E-state index contributed by atoms with van der Waals surface area (Å²) >= 11 is 0. The largest absolute Gasteiger partial charge is 0.385 e. The molecule has 116 valence electrons. The van der Waals surface area contributed by atoms with E-state index >= 15 is 0 Å². The van der Waals surface area contributed by atoms with Gasteiger partial charge in [-0.3, -0.25) is 9.59 Å². The zero-order valence-corrected chi connectivity index (χ0v) is 13.3. The van der Waals surface area contributed by atoms with Crippen LogP contribution in [-0.4, -0.2) is 24.6 Å². The van der Waals surface area contributed by atoms with Crippen LogP contribution in [0.25, 0.3) is 11.3 Å². The third-order valence-corrected chi connectivity index (χ3v) is 3.86. The molecule has 0 saturated heterocycles. The maximum atomic E-state index is 12.4. The molecule has 4 nitrogen and oxygen atoms in total. The van der Waals surface area contributed by atoms with Gasteiger partial charge in [0.2, 0.25) is 0 Å². The molecule has 1 heterocycles. The summed E-state index contributed by atoms with van der Waals surface area (Å²) in [7, 11) is 1.63. The van der Waals surface area contributed by atoms with Gasteiger partial charge in [-0.25, -0.2) is 0 Å². The quantitative estimate of drug-likeness (QED) is 0.608. The molecule has 2 aromatic rings. The van der Waals surface area contributed by atoms with Crippen molar-refractivity contribution < 1.29 is 9.53 Å². The highest BCUT2D eigenvalue weighted by molar-refractivity contribution is 5.75. The molecular formula is C18H21NO3. The summed E-state index contributed by atoms with van der Waals surface area (Å²) in [6.45, 7) is 5.20. The Hall–Kier alpha value is -2.20. The van der Waals surface area contributed by atoms with Crippen LogP contribution in [0.2, 0.25) is 0 Å². The van der Waals surface area contributed by atoms with Crippen LogP contribution in [0, 0.1) is 13.8 Å². The van der Waals surface area contributed by atoms with Gasteiger partial charge in [-0.05, 0) is 55.2 Å². The number of carbonyl (C=O) groups excluding carboxylic acids is 1. The van der Waals surface area contributed by atoms with Crippen molar-refractivity contribution in [3.8, 4) is 11.3 Å². The summed E-state index contributed by atoms with van der Waals surface area (Å²) in [6.07, 6.45) is 1.33. The molecule has 1 aromatic carbocycles. The Morgan fingerprint density at radius 3 is 2.55 bits per heavy atom. The zero-order chi connectivity index (χ0) is 16.1. The molecule has 0 aliphatic rings. The van der Waals surface area contributed by atoms with Crippen LogP contribution in [-0.2, 0) is 11.3 Å². The van der Waals surface area contributed by atoms with Crippen molar-refractivity contribution in [3.05, 3.63) is 57.4 Å². The highest BCUT2D eigenvalue weighted by atomic mass is 16.5. The van der Waals surface area contributed by atoms with E-state index in [9.17, 15) is 9.59 Å². The topological polar surface area (TPSA) is 48.3 Å². The van der Waals surface area contributed by atoms with Gasteiger partial charge in [0.25, 0.3) is 5.56 Å². The van der Waals surface area contributed by atoms with Crippen molar-refractivity contribution in [2.24, 2.45) is 0 Å². The molecule has 0 aliphatic carbocycles. The second-order valence-corrected chi connectivity index (χ2v) is 5.39. The van der Waals surface area contributed by atoms with E-state index in [1.807, 2.05) is 25.1 Å². The van der Waals surface area contributed by atoms with Gasteiger partial charge < -0.3 is 9.30 Å². The van der Waals surface area contributed by atoms with Crippen LogP contribution in [0.3, 0.4) is 0 Å². The Morgan fingerprint density at radius 2 is 1.91 bits per heavy atom. The number of ether oxygens (including phenoxy) is 1. The van der Waals surface area contributed by atoms with Gasteiger partial charge in [-0.2, -0.15) is 0 Å². The van der Waals surface area contributed by atoms with Gasteiger partial charge in [0.05, 0.1) is 11.3 Å². The number of pyridine rings is 1. The van der Waals surface area contributed by atoms with Crippen molar-refractivity contribution >= 4 is 6.29 Å². The standard InChI is InChI=1S/C18H21NO3/c1-13-5-6-15(11-14(13)2)17-8-7-16(12-20)18(21)19(17)9-4-10-22-3/h5-8,11-12H,4,9-10H2,1-3H3. The molecule has 0 fully saturated rings. The lowest BCUT2D eigenvalue weighted by Crippen LogP contribution is -2.25. The average Bonchev–Trinajstić information content (AvgIpc) is 2.51. The molecule has 0 radical (unpaired) electrons. The van der Waals surface area contributed by atoms with Crippen molar-refractivity contribution in [2.45, 2.75) is 26.8 Å². The summed E-state index contributed by atoms with van der Waals surface area (Å²) in [5.41, 5.74) is 4.13.